The lowest BCUT2D eigenvalue weighted by atomic mass is 9.78. The second kappa shape index (κ2) is 13.1. The van der Waals surface area contributed by atoms with Crippen molar-refractivity contribution >= 4 is 48.9 Å². The fourth-order valence-corrected chi connectivity index (χ4v) is 9.21. The van der Waals surface area contributed by atoms with E-state index in [-0.39, 0.29) is 0 Å². The topological polar surface area (TPSA) is 17.8 Å². The average Bonchev–Trinajstić information content (AvgIpc) is 3.65. The number of imidazole rings is 1. The Kier molecular flexibility index (Phi) is 7.57. The lowest BCUT2D eigenvalue weighted by Gasteiger charge is -2.26. The summed E-state index contributed by atoms with van der Waals surface area (Å²) in [4.78, 5) is 5.14. The number of allylic oxidation sites excluding steroid dienone is 1. The number of rotatable bonds is 5. The van der Waals surface area contributed by atoms with Gasteiger partial charge in [-0.05, 0) is 120 Å². The van der Waals surface area contributed by atoms with Crippen LogP contribution < -0.4 is 0 Å². The SMILES string of the molecule is CC1C=C(c2c3ccccc3c(-c3cccc4ccccc34)c3ccc(-c4ccc(-c5nc6ccccc6n5-c5ccccc5)cc4)cc23)c2ccccc2C1. The van der Waals surface area contributed by atoms with Gasteiger partial charge in [-0.25, -0.2) is 4.98 Å². The lowest BCUT2D eigenvalue weighted by molar-refractivity contribution is 0.714. The van der Waals surface area contributed by atoms with Gasteiger partial charge in [0.1, 0.15) is 5.82 Å². The van der Waals surface area contributed by atoms with E-state index in [1.807, 2.05) is 0 Å². The predicted octanol–water partition coefficient (Wildman–Crippen LogP) is 14.1. The Bertz CT molecular complexity index is 3160. The summed E-state index contributed by atoms with van der Waals surface area (Å²) in [5, 5.41) is 7.62. The van der Waals surface area contributed by atoms with Crippen LogP contribution >= 0.6 is 0 Å². The van der Waals surface area contributed by atoms with E-state index in [0.29, 0.717) is 5.92 Å². The Morgan fingerprint density at radius 1 is 0.482 bits per heavy atom. The van der Waals surface area contributed by atoms with Crippen LogP contribution in [0.2, 0.25) is 0 Å². The summed E-state index contributed by atoms with van der Waals surface area (Å²) in [6.07, 6.45) is 3.57. The first kappa shape index (κ1) is 32.4. The molecule has 0 saturated heterocycles. The van der Waals surface area contributed by atoms with Gasteiger partial charge >= 0.3 is 0 Å². The third-order valence-electron chi connectivity index (χ3n) is 11.7. The molecule has 0 aliphatic heterocycles. The quantitative estimate of drug-likeness (QED) is 0.162. The van der Waals surface area contributed by atoms with Crippen molar-refractivity contribution in [2.45, 2.75) is 13.3 Å². The molecule has 0 radical (unpaired) electrons. The van der Waals surface area contributed by atoms with Crippen LogP contribution in [0.4, 0.5) is 0 Å². The average molecular weight is 715 g/mol. The van der Waals surface area contributed by atoms with Gasteiger partial charge in [-0.3, -0.25) is 4.57 Å². The Morgan fingerprint density at radius 3 is 1.96 bits per heavy atom. The van der Waals surface area contributed by atoms with E-state index in [2.05, 4.69) is 206 Å². The molecule has 1 aromatic heterocycles. The van der Waals surface area contributed by atoms with Gasteiger partial charge in [0.2, 0.25) is 0 Å². The fourth-order valence-electron chi connectivity index (χ4n) is 9.21. The Balaban J connectivity index is 1.15. The van der Waals surface area contributed by atoms with E-state index >= 15 is 0 Å². The molecule has 11 rings (SSSR count). The number of nitrogens with zero attached hydrogens (tertiary/aromatic N) is 2. The van der Waals surface area contributed by atoms with Gasteiger partial charge < -0.3 is 0 Å². The van der Waals surface area contributed by atoms with Crippen LogP contribution in [-0.4, -0.2) is 9.55 Å². The van der Waals surface area contributed by atoms with Crippen LogP contribution in [0.3, 0.4) is 0 Å². The zero-order chi connectivity index (χ0) is 37.2. The van der Waals surface area contributed by atoms with E-state index in [9.17, 15) is 0 Å². The van der Waals surface area contributed by atoms with Gasteiger partial charge in [-0.1, -0.05) is 171 Å². The molecule has 2 heteroatoms. The highest BCUT2D eigenvalue weighted by molar-refractivity contribution is 6.22. The maximum atomic E-state index is 5.14. The van der Waals surface area contributed by atoms with Gasteiger partial charge in [0.25, 0.3) is 0 Å². The molecular formula is C54H38N2. The van der Waals surface area contributed by atoms with Crippen molar-refractivity contribution < 1.29 is 0 Å². The highest BCUT2D eigenvalue weighted by atomic mass is 15.1. The zero-order valence-electron chi connectivity index (χ0n) is 31.2. The van der Waals surface area contributed by atoms with Crippen molar-refractivity contribution in [1.82, 2.24) is 9.55 Å². The number of para-hydroxylation sites is 3. The van der Waals surface area contributed by atoms with Gasteiger partial charge in [-0.15, -0.1) is 0 Å². The molecule has 0 fully saturated rings. The Morgan fingerprint density at radius 2 is 1.11 bits per heavy atom. The summed E-state index contributed by atoms with van der Waals surface area (Å²) in [7, 11) is 0. The van der Waals surface area contributed by atoms with Crippen molar-refractivity contribution in [3.05, 3.63) is 211 Å². The largest absolute Gasteiger partial charge is 0.292 e. The summed E-state index contributed by atoms with van der Waals surface area (Å²) < 4.78 is 2.27. The molecule has 1 unspecified atom stereocenters. The van der Waals surface area contributed by atoms with Crippen LogP contribution in [0.1, 0.15) is 23.6 Å². The summed E-state index contributed by atoms with van der Waals surface area (Å²) in [5.41, 5.74) is 14.6. The van der Waals surface area contributed by atoms with Crippen LogP contribution in [0.25, 0.3) is 88.3 Å². The highest BCUT2D eigenvalue weighted by Gasteiger charge is 2.24. The molecule has 0 spiro atoms. The molecule has 1 heterocycles. The van der Waals surface area contributed by atoms with Crippen LogP contribution in [0.5, 0.6) is 0 Å². The van der Waals surface area contributed by atoms with E-state index in [4.69, 9.17) is 4.98 Å². The maximum absolute atomic E-state index is 5.14. The minimum absolute atomic E-state index is 0.433. The zero-order valence-corrected chi connectivity index (χ0v) is 31.2. The first-order valence-electron chi connectivity index (χ1n) is 19.6. The van der Waals surface area contributed by atoms with Crippen LogP contribution in [0, 0.1) is 5.92 Å². The van der Waals surface area contributed by atoms with Crippen molar-refractivity contribution in [3.63, 3.8) is 0 Å². The molecular weight excluding hydrogens is 677 g/mol. The number of fused-ring (bicyclic) bond motifs is 5. The Labute approximate surface area is 326 Å². The molecule has 1 aliphatic carbocycles. The summed E-state index contributed by atoms with van der Waals surface area (Å²) >= 11 is 0. The minimum Gasteiger partial charge on any atom is -0.292 e. The van der Waals surface area contributed by atoms with E-state index in [1.54, 1.807) is 0 Å². The first-order valence-corrected chi connectivity index (χ1v) is 19.6. The van der Waals surface area contributed by atoms with E-state index < -0.39 is 0 Å². The van der Waals surface area contributed by atoms with Gasteiger partial charge in [0.05, 0.1) is 11.0 Å². The molecule has 0 bridgehead atoms. The number of benzene rings is 9. The summed E-state index contributed by atoms with van der Waals surface area (Å²) in [6, 6.07) is 68.6. The van der Waals surface area contributed by atoms with Crippen molar-refractivity contribution in [2.75, 3.05) is 0 Å². The summed E-state index contributed by atoms with van der Waals surface area (Å²) in [6.45, 7) is 2.35. The second-order valence-corrected chi connectivity index (χ2v) is 15.2. The fraction of sp³-hybridized carbons (Fsp3) is 0.0556. The Hall–Kier alpha value is -7.03. The van der Waals surface area contributed by atoms with Crippen LogP contribution in [0.15, 0.2) is 194 Å². The number of aromatic nitrogens is 2. The molecule has 264 valence electrons. The molecule has 1 aliphatic rings. The molecule has 2 nitrogen and oxygen atoms in total. The second-order valence-electron chi connectivity index (χ2n) is 15.2. The number of hydrogen-bond donors (Lipinski definition) is 0. The normalized spacial score (nSPS) is 14.0. The smallest absolute Gasteiger partial charge is 0.145 e. The first-order chi connectivity index (χ1) is 27.7. The molecule has 9 aromatic carbocycles. The van der Waals surface area contributed by atoms with E-state index in [1.165, 1.54) is 76.8 Å². The third-order valence-corrected chi connectivity index (χ3v) is 11.7. The summed E-state index contributed by atoms with van der Waals surface area (Å²) in [5.74, 6) is 1.37. The monoisotopic (exact) mass is 714 g/mol. The molecule has 56 heavy (non-hydrogen) atoms. The minimum atomic E-state index is 0.433. The number of hydrogen-bond acceptors (Lipinski definition) is 1. The van der Waals surface area contributed by atoms with Gasteiger partial charge in [0.15, 0.2) is 0 Å². The van der Waals surface area contributed by atoms with Crippen LogP contribution in [-0.2, 0) is 6.42 Å². The maximum Gasteiger partial charge on any atom is 0.145 e. The van der Waals surface area contributed by atoms with Crippen molar-refractivity contribution in [2.24, 2.45) is 5.92 Å². The molecule has 0 N–H and O–H groups in total. The van der Waals surface area contributed by atoms with Gasteiger partial charge in [-0.2, -0.15) is 0 Å². The molecule has 0 saturated carbocycles. The predicted molar refractivity (Wildman–Crippen MR) is 236 cm³/mol. The standard InChI is InChI=1S/C54H38N2/c1-35-32-40-15-6-8-20-43(40)48(33-35)53-46-22-10-9-21-45(46)52(44-23-13-16-37-14-5-7-19-42(37)44)47-31-30-39(34-49(47)53)36-26-28-38(29-27-36)54-55-50-24-11-12-25-51(50)56(54)41-17-3-2-4-18-41/h2-31,33-35H,32H2,1H3. The van der Waals surface area contributed by atoms with E-state index in [0.717, 1.165) is 34.5 Å². The van der Waals surface area contributed by atoms with Crippen molar-refractivity contribution in [3.8, 4) is 39.3 Å². The lowest BCUT2D eigenvalue weighted by Crippen LogP contribution is -2.09. The highest BCUT2D eigenvalue weighted by Crippen LogP contribution is 2.47. The molecule has 10 aromatic rings. The molecule has 0 amide bonds. The third kappa shape index (κ3) is 5.21. The van der Waals surface area contributed by atoms with Crippen molar-refractivity contribution in [1.29, 1.82) is 0 Å². The molecule has 1 atom stereocenters. The van der Waals surface area contributed by atoms with Gasteiger partial charge in [0, 0.05) is 11.3 Å².